The lowest BCUT2D eigenvalue weighted by molar-refractivity contribution is -0.113. The summed E-state index contributed by atoms with van der Waals surface area (Å²) in [6, 6.07) is 0. The lowest BCUT2D eigenvalue weighted by atomic mass is 10.1. The minimum absolute atomic E-state index is 0.140. The number of ketones is 1. The van der Waals surface area contributed by atoms with E-state index >= 15 is 0 Å². The van der Waals surface area contributed by atoms with Crippen LogP contribution in [-0.2, 0) is 4.79 Å². The van der Waals surface area contributed by atoms with Crippen LogP contribution in [0.4, 0.5) is 0 Å². The molecule has 0 aromatic carbocycles. The SMILES string of the molecule is [CH2]CC(=O)/C=C/CCCCCCCCCCC. The summed E-state index contributed by atoms with van der Waals surface area (Å²) < 4.78 is 0. The fourth-order valence-corrected chi connectivity index (χ4v) is 1.87. The van der Waals surface area contributed by atoms with Crippen LogP contribution in [0.1, 0.15) is 77.6 Å². The third-order valence-corrected chi connectivity index (χ3v) is 3.02. The molecule has 1 nitrogen and oxygen atoms in total. The number of carbonyl (C=O) groups is 1. The fourth-order valence-electron chi connectivity index (χ4n) is 1.87. The lowest BCUT2D eigenvalue weighted by Crippen LogP contribution is -1.87. The highest BCUT2D eigenvalue weighted by Gasteiger charge is 1.92. The predicted molar refractivity (Wildman–Crippen MR) is 76.0 cm³/mol. The van der Waals surface area contributed by atoms with Crippen LogP contribution in [0.2, 0.25) is 0 Å². The summed E-state index contributed by atoms with van der Waals surface area (Å²) in [5.74, 6) is 0.140. The Hall–Kier alpha value is -0.590. The van der Waals surface area contributed by atoms with Crippen LogP contribution in [-0.4, -0.2) is 5.78 Å². The molecule has 0 unspecified atom stereocenters. The molecular weight excluding hydrogens is 208 g/mol. The Kier molecular flexibility index (Phi) is 13.0. The van der Waals surface area contributed by atoms with E-state index in [1.165, 1.54) is 57.8 Å². The van der Waals surface area contributed by atoms with Gasteiger partial charge in [-0.3, -0.25) is 4.79 Å². The molecule has 0 rings (SSSR count). The van der Waals surface area contributed by atoms with Crippen LogP contribution >= 0.6 is 0 Å². The summed E-state index contributed by atoms with van der Waals surface area (Å²) in [5.41, 5.74) is 0. The molecule has 0 aliphatic heterocycles. The van der Waals surface area contributed by atoms with Gasteiger partial charge in [0.25, 0.3) is 0 Å². The zero-order valence-electron chi connectivity index (χ0n) is 11.5. The third kappa shape index (κ3) is 13.3. The van der Waals surface area contributed by atoms with E-state index in [2.05, 4.69) is 13.8 Å². The topological polar surface area (TPSA) is 17.1 Å². The Bertz CT molecular complexity index is 194. The Morgan fingerprint density at radius 1 is 0.941 bits per heavy atom. The van der Waals surface area contributed by atoms with Crippen molar-refractivity contribution in [1.82, 2.24) is 0 Å². The molecule has 0 heterocycles. The van der Waals surface area contributed by atoms with E-state index < -0.39 is 0 Å². The van der Waals surface area contributed by atoms with Crippen LogP contribution in [0.25, 0.3) is 0 Å². The number of unbranched alkanes of at least 4 members (excludes halogenated alkanes) is 9. The van der Waals surface area contributed by atoms with Crippen molar-refractivity contribution in [2.24, 2.45) is 0 Å². The third-order valence-electron chi connectivity index (χ3n) is 3.02. The first kappa shape index (κ1) is 16.4. The first-order chi connectivity index (χ1) is 8.31. The molecule has 0 aromatic rings. The van der Waals surface area contributed by atoms with Gasteiger partial charge in [0.1, 0.15) is 0 Å². The fraction of sp³-hybridized carbons (Fsp3) is 0.750. The monoisotopic (exact) mass is 237 g/mol. The minimum Gasteiger partial charge on any atom is -0.295 e. The van der Waals surface area contributed by atoms with E-state index in [4.69, 9.17) is 0 Å². The number of allylic oxidation sites excluding steroid dienone is 2. The van der Waals surface area contributed by atoms with Gasteiger partial charge in [-0.25, -0.2) is 0 Å². The summed E-state index contributed by atoms with van der Waals surface area (Å²) >= 11 is 0. The highest BCUT2D eigenvalue weighted by atomic mass is 16.1. The Morgan fingerprint density at radius 2 is 1.47 bits per heavy atom. The highest BCUT2D eigenvalue weighted by Crippen LogP contribution is 2.10. The van der Waals surface area contributed by atoms with Crippen LogP contribution < -0.4 is 0 Å². The summed E-state index contributed by atoms with van der Waals surface area (Å²) in [6.45, 7) is 5.81. The van der Waals surface area contributed by atoms with Crippen molar-refractivity contribution in [2.75, 3.05) is 0 Å². The van der Waals surface area contributed by atoms with Crippen molar-refractivity contribution in [2.45, 2.75) is 77.6 Å². The quantitative estimate of drug-likeness (QED) is 0.334. The number of carbonyl (C=O) groups excluding carboxylic acids is 1. The van der Waals surface area contributed by atoms with E-state index in [1.54, 1.807) is 6.08 Å². The first-order valence-corrected chi connectivity index (χ1v) is 7.30. The summed E-state index contributed by atoms with van der Waals surface area (Å²) in [5, 5.41) is 0. The molecule has 0 spiro atoms. The zero-order valence-corrected chi connectivity index (χ0v) is 11.5. The smallest absolute Gasteiger partial charge is 0.155 e. The van der Waals surface area contributed by atoms with E-state index in [-0.39, 0.29) is 5.78 Å². The van der Waals surface area contributed by atoms with Gasteiger partial charge in [-0.2, -0.15) is 0 Å². The number of rotatable bonds is 12. The van der Waals surface area contributed by atoms with E-state index in [9.17, 15) is 4.79 Å². The van der Waals surface area contributed by atoms with Gasteiger partial charge in [-0.15, -0.1) is 0 Å². The normalized spacial score (nSPS) is 11.2. The molecule has 1 heteroatoms. The Balaban J connectivity index is 3.08. The molecule has 0 amide bonds. The molecule has 0 aromatic heterocycles. The average Bonchev–Trinajstić information content (AvgIpc) is 2.35. The zero-order chi connectivity index (χ0) is 12.8. The van der Waals surface area contributed by atoms with E-state index in [1.807, 2.05) is 6.08 Å². The first-order valence-electron chi connectivity index (χ1n) is 7.30. The molecule has 0 saturated carbocycles. The van der Waals surface area contributed by atoms with Crippen LogP contribution in [0, 0.1) is 6.92 Å². The van der Waals surface area contributed by atoms with Crippen LogP contribution in [0.5, 0.6) is 0 Å². The van der Waals surface area contributed by atoms with Crippen molar-refractivity contribution in [3.63, 3.8) is 0 Å². The van der Waals surface area contributed by atoms with Gasteiger partial charge >= 0.3 is 0 Å². The molecule has 0 atom stereocenters. The van der Waals surface area contributed by atoms with Crippen LogP contribution in [0.3, 0.4) is 0 Å². The summed E-state index contributed by atoms with van der Waals surface area (Å²) in [7, 11) is 0. The van der Waals surface area contributed by atoms with Crippen molar-refractivity contribution in [3.8, 4) is 0 Å². The van der Waals surface area contributed by atoms with Gasteiger partial charge in [-0.05, 0) is 25.8 Å². The molecule has 0 saturated heterocycles. The molecule has 0 fully saturated rings. The van der Waals surface area contributed by atoms with E-state index in [0.29, 0.717) is 6.42 Å². The lowest BCUT2D eigenvalue weighted by Gasteiger charge is -2.00. The minimum atomic E-state index is 0.140. The molecule has 17 heavy (non-hydrogen) atoms. The predicted octanol–water partition coefficient (Wildman–Crippen LogP) is 5.26. The van der Waals surface area contributed by atoms with Crippen LogP contribution in [0.15, 0.2) is 12.2 Å². The maximum atomic E-state index is 10.9. The Morgan fingerprint density at radius 3 is 2.00 bits per heavy atom. The second-order valence-electron chi connectivity index (χ2n) is 4.74. The Labute approximate surface area is 108 Å². The largest absolute Gasteiger partial charge is 0.295 e. The molecule has 0 aliphatic rings. The number of hydrogen-bond acceptors (Lipinski definition) is 1. The van der Waals surface area contributed by atoms with Crippen molar-refractivity contribution < 1.29 is 4.79 Å². The van der Waals surface area contributed by atoms with Gasteiger partial charge in [0.05, 0.1) is 0 Å². The van der Waals surface area contributed by atoms with Gasteiger partial charge in [0, 0.05) is 6.42 Å². The second kappa shape index (κ2) is 13.5. The summed E-state index contributed by atoms with van der Waals surface area (Å²) in [4.78, 5) is 10.9. The average molecular weight is 237 g/mol. The van der Waals surface area contributed by atoms with Gasteiger partial charge in [0.15, 0.2) is 5.78 Å². The van der Waals surface area contributed by atoms with Gasteiger partial charge in [0.2, 0.25) is 0 Å². The van der Waals surface area contributed by atoms with Crippen molar-refractivity contribution >= 4 is 5.78 Å². The standard InChI is InChI=1S/C16H29O/c1-3-5-6-7-8-9-10-11-12-13-14-15-16(17)4-2/h14-15H,2-13H2,1H3/b15-14+. The molecule has 0 aliphatic carbocycles. The number of hydrogen-bond donors (Lipinski definition) is 0. The molecular formula is C16H29O. The molecule has 0 bridgehead atoms. The maximum absolute atomic E-state index is 10.9. The van der Waals surface area contributed by atoms with E-state index in [0.717, 1.165) is 6.42 Å². The highest BCUT2D eigenvalue weighted by molar-refractivity contribution is 5.89. The van der Waals surface area contributed by atoms with Crippen molar-refractivity contribution in [1.29, 1.82) is 0 Å². The van der Waals surface area contributed by atoms with Crippen molar-refractivity contribution in [3.05, 3.63) is 19.1 Å². The van der Waals surface area contributed by atoms with Gasteiger partial charge < -0.3 is 0 Å². The molecule has 99 valence electrons. The van der Waals surface area contributed by atoms with Gasteiger partial charge in [-0.1, -0.05) is 64.4 Å². The summed E-state index contributed by atoms with van der Waals surface area (Å²) in [6.07, 6.45) is 17.3. The maximum Gasteiger partial charge on any atom is 0.155 e. The molecule has 0 N–H and O–H groups in total. The second-order valence-corrected chi connectivity index (χ2v) is 4.74. The molecule has 1 radical (unpaired) electrons.